The van der Waals surface area contributed by atoms with Crippen molar-refractivity contribution >= 4 is 0 Å². The highest BCUT2D eigenvalue weighted by atomic mass is 15.1. The molecule has 1 atom stereocenters. The van der Waals surface area contributed by atoms with Crippen LogP contribution in [0.4, 0.5) is 0 Å². The van der Waals surface area contributed by atoms with Crippen LogP contribution in [0.2, 0.25) is 0 Å². The van der Waals surface area contributed by atoms with Crippen molar-refractivity contribution < 1.29 is 0 Å². The largest absolute Gasteiger partial charge is 0.327 e. The molecule has 1 aromatic rings. The van der Waals surface area contributed by atoms with Gasteiger partial charge in [0.15, 0.2) is 0 Å². The van der Waals surface area contributed by atoms with E-state index in [0.29, 0.717) is 6.04 Å². The Labute approximate surface area is 106 Å². The number of benzene rings is 1. The van der Waals surface area contributed by atoms with Crippen LogP contribution in [0.15, 0.2) is 30.3 Å². The van der Waals surface area contributed by atoms with Crippen LogP contribution in [0, 0.1) is 0 Å². The van der Waals surface area contributed by atoms with Crippen LogP contribution >= 0.6 is 0 Å². The third-order valence-corrected chi connectivity index (χ3v) is 2.94. The van der Waals surface area contributed by atoms with Crippen molar-refractivity contribution in [1.29, 1.82) is 0 Å². The molecule has 17 heavy (non-hydrogen) atoms. The molecule has 2 nitrogen and oxygen atoms in total. The highest BCUT2D eigenvalue weighted by Crippen LogP contribution is 2.07. The van der Waals surface area contributed by atoms with Crippen molar-refractivity contribution in [3.63, 3.8) is 0 Å². The summed E-state index contributed by atoms with van der Waals surface area (Å²) in [4.78, 5) is 2.47. The van der Waals surface area contributed by atoms with Crippen LogP contribution in [0.5, 0.6) is 0 Å². The molecule has 0 saturated carbocycles. The van der Waals surface area contributed by atoms with Gasteiger partial charge in [0.25, 0.3) is 0 Å². The van der Waals surface area contributed by atoms with Gasteiger partial charge in [0, 0.05) is 19.1 Å². The molecular weight excluding hydrogens is 208 g/mol. The zero-order chi connectivity index (χ0) is 12.5. The smallest absolute Gasteiger partial charge is 0.0234 e. The second-order valence-corrected chi connectivity index (χ2v) is 4.77. The van der Waals surface area contributed by atoms with Gasteiger partial charge >= 0.3 is 0 Å². The number of nitrogens with zero attached hydrogens (tertiary/aromatic N) is 1. The molecule has 1 rings (SSSR count). The highest BCUT2D eigenvalue weighted by Gasteiger charge is 2.09. The van der Waals surface area contributed by atoms with Crippen molar-refractivity contribution in [2.75, 3.05) is 13.1 Å². The van der Waals surface area contributed by atoms with Crippen LogP contribution in [0.3, 0.4) is 0 Å². The van der Waals surface area contributed by atoms with Gasteiger partial charge in [-0.3, -0.25) is 4.90 Å². The van der Waals surface area contributed by atoms with E-state index >= 15 is 0 Å². The minimum Gasteiger partial charge on any atom is -0.327 e. The summed E-state index contributed by atoms with van der Waals surface area (Å²) in [6.45, 7) is 7.58. The second kappa shape index (κ2) is 8.26. The molecule has 1 unspecified atom stereocenters. The summed E-state index contributed by atoms with van der Waals surface area (Å²) in [5.74, 6) is 0. The first-order valence-electron chi connectivity index (χ1n) is 6.78. The van der Waals surface area contributed by atoms with Gasteiger partial charge in [0.2, 0.25) is 0 Å². The van der Waals surface area contributed by atoms with Gasteiger partial charge in [-0.1, -0.05) is 50.6 Å². The van der Waals surface area contributed by atoms with Crippen molar-refractivity contribution in [3.8, 4) is 0 Å². The molecule has 0 bridgehead atoms. The molecule has 0 heterocycles. The Morgan fingerprint density at radius 3 is 2.41 bits per heavy atom. The predicted octanol–water partition coefficient (Wildman–Crippen LogP) is 3.03. The zero-order valence-electron chi connectivity index (χ0n) is 11.2. The normalized spacial score (nSPS) is 12.9. The lowest BCUT2D eigenvalue weighted by molar-refractivity contribution is 0.244. The molecule has 0 aliphatic heterocycles. The molecule has 2 N–H and O–H groups in total. The lowest BCUT2D eigenvalue weighted by atomic mass is 10.1. The average Bonchev–Trinajstić information content (AvgIpc) is 2.31. The van der Waals surface area contributed by atoms with Crippen molar-refractivity contribution in [2.45, 2.75) is 45.7 Å². The van der Waals surface area contributed by atoms with E-state index in [9.17, 15) is 0 Å². The van der Waals surface area contributed by atoms with E-state index in [4.69, 9.17) is 5.73 Å². The van der Waals surface area contributed by atoms with Gasteiger partial charge in [-0.2, -0.15) is 0 Å². The lowest BCUT2D eigenvalue weighted by Crippen LogP contribution is -2.37. The molecule has 0 saturated heterocycles. The SMILES string of the molecule is CCCC(N)CN(CCC)Cc1ccccc1. The minimum atomic E-state index is 0.315. The fraction of sp³-hybridized carbons (Fsp3) is 0.600. The molecule has 0 amide bonds. The van der Waals surface area contributed by atoms with Crippen molar-refractivity contribution in [2.24, 2.45) is 5.73 Å². The molecule has 1 aromatic carbocycles. The maximum atomic E-state index is 6.13. The number of nitrogens with two attached hydrogens (primary N) is 1. The van der Waals surface area contributed by atoms with Gasteiger partial charge in [-0.25, -0.2) is 0 Å². The molecule has 96 valence electrons. The topological polar surface area (TPSA) is 29.3 Å². The van der Waals surface area contributed by atoms with E-state index in [-0.39, 0.29) is 0 Å². The molecule has 0 spiro atoms. The summed E-state index contributed by atoms with van der Waals surface area (Å²) in [6.07, 6.45) is 3.48. The Morgan fingerprint density at radius 1 is 1.12 bits per heavy atom. The molecule has 0 aliphatic carbocycles. The highest BCUT2D eigenvalue weighted by molar-refractivity contribution is 5.14. The molecule has 0 aliphatic rings. The van der Waals surface area contributed by atoms with Gasteiger partial charge in [-0.15, -0.1) is 0 Å². The fourth-order valence-corrected chi connectivity index (χ4v) is 2.19. The first-order chi connectivity index (χ1) is 8.26. The Kier molecular flexibility index (Phi) is 6.90. The standard InChI is InChI=1S/C15H26N2/c1-3-8-15(16)13-17(11-4-2)12-14-9-6-5-7-10-14/h5-7,9-10,15H,3-4,8,11-13,16H2,1-2H3. The van der Waals surface area contributed by atoms with Crippen LogP contribution < -0.4 is 5.73 Å². The molecule has 0 aromatic heterocycles. The van der Waals surface area contributed by atoms with Gasteiger partial charge in [-0.05, 0) is 24.9 Å². The minimum absolute atomic E-state index is 0.315. The molecular formula is C15H26N2. The first kappa shape index (κ1) is 14.2. The van der Waals surface area contributed by atoms with Crippen LogP contribution in [0.1, 0.15) is 38.7 Å². The van der Waals surface area contributed by atoms with Crippen molar-refractivity contribution in [1.82, 2.24) is 4.90 Å². The Morgan fingerprint density at radius 2 is 1.82 bits per heavy atom. The Hall–Kier alpha value is -0.860. The third kappa shape index (κ3) is 5.85. The predicted molar refractivity (Wildman–Crippen MR) is 74.9 cm³/mol. The summed E-state index contributed by atoms with van der Waals surface area (Å²) < 4.78 is 0. The number of rotatable bonds is 8. The third-order valence-electron chi connectivity index (χ3n) is 2.94. The van der Waals surface area contributed by atoms with Crippen LogP contribution in [0.25, 0.3) is 0 Å². The number of hydrogen-bond acceptors (Lipinski definition) is 2. The van der Waals surface area contributed by atoms with E-state index in [1.165, 1.54) is 18.4 Å². The Balaban J connectivity index is 2.48. The van der Waals surface area contributed by atoms with Crippen LogP contribution in [-0.2, 0) is 6.54 Å². The first-order valence-corrected chi connectivity index (χ1v) is 6.78. The summed E-state index contributed by atoms with van der Waals surface area (Å²) in [5.41, 5.74) is 7.51. The maximum Gasteiger partial charge on any atom is 0.0234 e. The van der Waals surface area contributed by atoms with E-state index in [0.717, 1.165) is 26.1 Å². The maximum absolute atomic E-state index is 6.13. The van der Waals surface area contributed by atoms with E-state index in [1.807, 2.05) is 0 Å². The number of hydrogen-bond donors (Lipinski definition) is 1. The molecule has 0 fully saturated rings. The monoisotopic (exact) mass is 234 g/mol. The fourth-order valence-electron chi connectivity index (χ4n) is 2.19. The zero-order valence-corrected chi connectivity index (χ0v) is 11.2. The van der Waals surface area contributed by atoms with E-state index < -0.39 is 0 Å². The van der Waals surface area contributed by atoms with E-state index in [2.05, 4.69) is 49.1 Å². The summed E-state index contributed by atoms with van der Waals surface area (Å²) in [7, 11) is 0. The van der Waals surface area contributed by atoms with Crippen LogP contribution in [-0.4, -0.2) is 24.0 Å². The van der Waals surface area contributed by atoms with E-state index in [1.54, 1.807) is 0 Å². The molecule has 2 heteroatoms. The summed E-state index contributed by atoms with van der Waals surface area (Å²) in [6, 6.07) is 11.0. The summed E-state index contributed by atoms with van der Waals surface area (Å²) in [5, 5.41) is 0. The lowest BCUT2D eigenvalue weighted by Gasteiger charge is -2.25. The van der Waals surface area contributed by atoms with Gasteiger partial charge in [0.1, 0.15) is 0 Å². The molecule has 0 radical (unpaired) electrons. The summed E-state index contributed by atoms with van der Waals surface area (Å²) >= 11 is 0. The van der Waals surface area contributed by atoms with Gasteiger partial charge < -0.3 is 5.73 Å². The quantitative estimate of drug-likeness (QED) is 0.749. The average molecular weight is 234 g/mol. The second-order valence-electron chi connectivity index (χ2n) is 4.77. The van der Waals surface area contributed by atoms with Gasteiger partial charge in [0.05, 0.1) is 0 Å². The Bertz CT molecular complexity index is 284. The van der Waals surface area contributed by atoms with Crippen molar-refractivity contribution in [3.05, 3.63) is 35.9 Å².